The molecule has 2 heterocycles. The molecule has 0 spiro atoms. The number of nitrogens with zero attached hydrogens (tertiary/aromatic N) is 2. The molecule has 0 unspecified atom stereocenters. The molecule has 5 heteroatoms. The zero-order valence-corrected chi connectivity index (χ0v) is 20.5. The maximum Gasteiger partial charge on any atom is 0.220 e. The minimum Gasteiger partial charge on any atom is -0.488 e. The number of fused-ring (bicyclic) bond motifs is 1. The zero-order chi connectivity index (χ0) is 23.0. The number of pyridine rings is 1. The first-order chi connectivity index (χ1) is 15.4. The molecule has 0 radical (unpaired) electrons. The van der Waals surface area contributed by atoms with Crippen LogP contribution in [-0.2, 0) is 11.2 Å². The van der Waals surface area contributed by atoms with Crippen molar-refractivity contribution in [1.82, 2.24) is 15.2 Å². The zero-order valence-electron chi connectivity index (χ0n) is 20.5. The lowest BCUT2D eigenvalue weighted by atomic mass is 10.0. The fourth-order valence-corrected chi connectivity index (χ4v) is 4.57. The summed E-state index contributed by atoms with van der Waals surface area (Å²) in [5.74, 6) is 1.09. The average Bonchev–Trinajstić information content (AvgIpc) is 2.77. The fourth-order valence-electron chi connectivity index (χ4n) is 4.57. The topological polar surface area (TPSA) is 54.5 Å². The molecule has 1 aromatic heterocycles. The van der Waals surface area contributed by atoms with Crippen molar-refractivity contribution in [2.24, 2.45) is 0 Å². The van der Waals surface area contributed by atoms with E-state index in [9.17, 15) is 4.79 Å². The van der Waals surface area contributed by atoms with Gasteiger partial charge in [0, 0.05) is 43.2 Å². The van der Waals surface area contributed by atoms with E-state index in [1.165, 1.54) is 18.4 Å². The summed E-state index contributed by atoms with van der Waals surface area (Å²) in [6.45, 7) is 11.4. The van der Waals surface area contributed by atoms with Crippen LogP contribution in [0.3, 0.4) is 0 Å². The first-order valence-corrected chi connectivity index (χ1v) is 12.5. The Labute approximate surface area is 193 Å². The second-order valence-electron chi connectivity index (χ2n) is 9.90. The highest BCUT2D eigenvalue weighted by Gasteiger charge is 2.28. The number of aromatic nitrogens is 1. The largest absolute Gasteiger partial charge is 0.488 e. The Hall–Kier alpha value is -2.14. The molecular formula is C27H41N3O2. The Morgan fingerprint density at radius 2 is 1.94 bits per heavy atom. The molecule has 1 aliphatic rings. The van der Waals surface area contributed by atoms with Gasteiger partial charge in [0.2, 0.25) is 5.91 Å². The van der Waals surface area contributed by atoms with Crippen molar-refractivity contribution in [3.05, 3.63) is 36.0 Å². The van der Waals surface area contributed by atoms with Crippen molar-refractivity contribution < 1.29 is 9.53 Å². The second kappa shape index (κ2) is 11.6. The molecular weight excluding hydrogens is 398 g/mol. The standard InChI is InChI=1S/C27H41N3O2/c1-5-7-10-21-18-22-11-9-15-28-26(22)24(19-21)32-23-13-16-30(17-14-23)20-27(3,4)29-25(31)12-8-6-2/h9,11,15,18-19,23H,5-8,10,12-14,16-17,20H2,1-4H3,(H,29,31). The summed E-state index contributed by atoms with van der Waals surface area (Å²) in [4.78, 5) is 19.2. The van der Waals surface area contributed by atoms with E-state index in [-0.39, 0.29) is 17.6 Å². The number of unbranched alkanes of at least 4 members (excludes halogenated alkanes) is 2. The molecule has 5 nitrogen and oxygen atoms in total. The first-order valence-electron chi connectivity index (χ1n) is 12.5. The Morgan fingerprint density at radius 1 is 1.19 bits per heavy atom. The van der Waals surface area contributed by atoms with Crippen molar-refractivity contribution in [1.29, 1.82) is 0 Å². The van der Waals surface area contributed by atoms with Gasteiger partial charge in [0.05, 0.1) is 0 Å². The van der Waals surface area contributed by atoms with Crippen LogP contribution in [0.2, 0.25) is 0 Å². The van der Waals surface area contributed by atoms with Crippen molar-refractivity contribution in [3.63, 3.8) is 0 Å². The SMILES string of the molecule is CCCCC(=O)NC(C)(C)CN1CCC(Oc2cc(CCCC)cc3cccnc23)CC1. The molecule has 1 N–H and O–H groups in total. The van der Waals surface area contributed by atoms with E-state index < -0.39 is 0 Å². The molecule has 32 heavy (non-hydrogen) atoms. The highest BCUT2D eigenvalue weighted by molar-refractivity contribution is 5.85. The number of rotatable bonds is 11. The molecule has 3 rings (SSSR count). The molecule has 0 aliphatic carbocycles. The van der Waals surface area contributed by atoms with E-state index in [1.807, 2.05) is 12.3 Å². The van der Waals surface area contributed by atoms with Crippen LogP contribution in [0.15, 0.2) is 30.5 Å². The molecule has 176 valence electrons. The van der Waals surface area contributed by atoms with Crippen molar-refractivity contribution >= 4 is 16.8 Å². The molecule has 1 aromatic carbocycles. The Balaban J connectivity index is 1.57. The van der Waals surface area contributed by atoms with Crippen molar-refractivity contribution in [3.8, 4) is 5.75 Å². The third kappa shape index (κ3) is 7.19. The van der Waals surface area contributed by atoms with Gasteiger partial charge in [-0.05, 0) is 69.7 Å². The van der Waals surface area contributed by atoms with Gasteiger partial charge < -0.3 is 15.0 Å². The number of aryl methyl sites for hydroxylation is 1. The van der Waals surface area contributed by atoms with Gasteiger partial charge in [0.25, 0.3) is 0 Å². The summed E-state index contributed by atoms with van der Waals surface area (Å²) >= 11 is 0. The van der Waals surface area contributed by atoms with Gasteiger partial charge in [-0.3, -0.25) is 9.78 Å². The maximum atomic E-state index is 12.2. The highest BCUT2D eigenvalue weighted by atomic mass is 16.5. The Morgan fingerprint density at radius 3 is 2.66 bits per heavy atom. The summed E-state index contributed by atoms with van der Waals surface area (Å²) in [6, 6.07) is 8.58. The van der Waals surface area contributed by atoms with Gasteiger partial charge in [-0.25, -0.2) is 0 Å². The quantitative estimate of drug-likeness (QED) is 0.502. The van der Waals surface area contributed by atoms with E-state index in [0.717, 1.165) is 68.4 Å². The number of carbonyl (C=O) groups excluding carboxylic acids is 1. The average molecular weight is 440 g/mol. The number of nitrogens with one attached hydrogen (secondary N) is 1. The minimum absolute atomic E-state index is 0.164. The van der Waals surface area contributed by atoms with Gasteiger partial charge in [-0.15, -0.1) is 0 Å². The number of ether oxygens (including phenoxy) is 1. The number of hydrogen-bond donors (Lipinski definition) is 1. The molecule has 2 aromatic rings. The minimum atomic E-state index is -0.216. The van der Waals surface area contributed by atoms with Crippen molar-refractivity contribution in [2.45, 2.75) is 90.7 Å². The lowest BCUT2D eigenvalue weighted by molar-refractivity contribution is -0.123. The lowest BCUT2D eigenvalue weighted by Crippen LogP contribution is -2.53. The number of amides is 1. The summed E-state index contributed by atoms with van der Waals surface area (Å²) in [7, 11) is 0. The van der Waals surface area contributed by atoms with E-state index in [2.05, 4.69) is 61.1 Å². The highest BCUT2D eigenvalue weighted by Crippen LogP contribution is 2.29. The number of carbonyl (C=O) groups is 1. The van der Waals surface area contributed by atoms with Gasteiger partial charge in [0.1, 0.15) is 17.4 Å². The van der Waals surface area contributed by atoms with Crippen LogP contribution in [0.1, 0.15) is 78.2 Å². The molecule has 0 saturated carbocycles. The van der Waals surface area contributed by atoms with Gasteiger partial charge >= 0.3 is 0 Å². The number of hydrogen-bond acceptors (Lipinski definition) is 4. The number of likely N-dealkylation sites (tertiary alicyclic amines) is 1. The monoisotopic (exact) mass is 439 g/mol. The molecule has 0 bridgehead atoms. The lowest BCUT2D eigenvalue weighted by Gasteiger charge is -2.37. The molecule has 1 amide bonds. The van der Waals surface area contributed by atoms with Gasteiger partial charge in [-0.2, -0.15) is 0 Å². The molecule has 1 aliphatic heterocycles. The Kier molecular flexibility index (Phi) is 8.92. The summed E-state index contributed by atoms with van der Waals surface area (Å²) in [5, 5.41) is 4.37. The molecule has 1 fully saturated rings. The summed E-state index contributed by atoms with van der Waals surface area (Å²) in [6.07, 6.45) is 10.1. The first kappa shape index (κ1) is 24.5. The van der Waals surface area contributed by atoms with Crippen LogP contribution in [0, 0.1) is 0 Å². The van der Waals surface area contributed by atoms with Crippen LogP contribution in [0.5, 0.6) is 5.75 Å². The number of benzene rings is 1. The van der Waals surface area contributed by atoms with E-state index in [4.69, 9.17) is 4.74 Å². The van der Waals surface area contributed by atoms with Gasteiger partial charge in [-0.1, -0.05) is 32.8 Å². The third-order valence-corrected chi connectivity index (χ3v) is 6.23. The summed E-state index contributed by atoms with van der Waals surface area (Å²) in [5.41, 5.74) is 2.08. The van der Waals surface area contributed by atoms with E-state index >= 15 is 0 Å². The number of piperidine rings is 1. The normalized spacial score (nSPS) is 15.8. The predicted molar refractivity (Wildman–Crippen MR) is 132 cm³/mol. The van der Waals surface area contributed by atoms with E-state index in [0.29, 0.717) is 6.42 Å². The van der Waals surface area contributed by atoms with Crippen LogP contribution < -0.4 is 10.1 Å². The molecule has 0 atom stereocenters. The molecule has 1 saturated heterocycles. The van der Waals surface area contributed by atoms with Gasteiger partial charge in [0.15, 0.2) is 0 Å². The second-order valence-corrected chi connectivity index (χ2v) is 9.90. The van der Waals surface area contributed by atoms with Crippen LogP contribution in [0.25, 0.3) is 10.9 Å². The maximum absolute atomic E-state index is 12.2. The van der Waals surface area contributed by atoms with Crippen molar-refractivity contribution in [2.75, 3.05) is 19.6 Å². The van der Waals surface area contributed by atoms with Crippen LogP contribution in [-0.4, -0.2) is 47.1 Å². The fraction of sp³-hybridized carbons (Fsp3) is 0.630. The third-order valence-electron chi connectivity index (χ3n) is 6.23. The predicted octanol–water partition coefficient (Wildman–Crippen LogP) is 5.51. The van der Waals surface area contributed by atoms with Crippen LogP contribution in [0.4, 0.5) is 0 Å². The van der Waals surface area contributed by atoms with E-state index in [1.54, 1.807) is 0 Å². The smallest absolute Gasteiger partial charge is 0.220 e. The Bertz CT molecular complexity index is 872. The van der Waals surface area contributed by atoms with Crippen LogP contribution >= 0.6 is 0 Å². The summed E-state index contributed by atoms with van der Waals surface area (Å²) < 4.78 is 6.52.